The summed E-state index contributed by atoms with van der Waals surface area (Å²) >= 11 is 2.13. The predicted octanol–water partition coefficient (Wildman–Crippen LogP) is 1.59. The van der Waals surface area contributed by atoms with E-state index in [0.29, 0.717) is 4.87 Å². The molecular weight excluding hydrogens is 130 g/mol. The highest BCUT2D eigenvalue weighted by molar-refractivity contribution is 8.01. The van der Waals surface area contributed by atoms with E-state index >= 15 is 0 Å². The lowest BCUT2D eigenvalue weighted by Gasteiger charge is -2.37. The van der Waals surface area contributed by atoms with Crippen molar-refractivity contribution in [2.45, 2.75) is 37.1 Å². The molecule has 0 aromatic heterocycles. The summed E-state index contributed by atoms with van der Waals surface area (Å²) in [6, 6.07) is 0.760. The molecule has 2 heteroatoms. The van der Waals surface area contributed by atoms with Crippen LogP contribution in [-0.2, 0) is 0 Å². The average Bonchev–Trinajstić information content (AvgIpc) is 2.09. The van der Waals surface area contributed by atoms with Crippen LogP contribution in [0.3, 0.4) is 0 Å². The molecule has 0 radical (unpaired) electrons. The lowest BCUT2D eigenvalue weighted by molar-refractivity contribution is 0.297. The minimum atomic E-state index is 0.555. The monoisotopic (exact) mass is 143 g/mol. The van der Waals surface area contributed by atoms with Crippen LogP contribution in [0.15, 0.2) is 0 Å². The van der Waals surface area contributed by atoms with Crippen LogP contribution in [0.25, 0.3) is 0 Å². The van der Waals surface area contributed by atoms with Gasteiger partial charge >= 0.3 is 0 Å². The minimum Gasteiger partial charge on any atom is -0.299 e. The van der Waals surface area contributed by atoms with Gasteiger partial charge in [-0.05, 0) is 26.2 Å². The summed E-state index contributed by atoms with van der Waals surface area (Å²) in [7, 11) is 0. The SMILES string of the molecule is CC1CSC2(CCC2)N1. The minimum absolute atomic E-state index is 0.555. The average molecular weight is 143 g/mol. The summed E-state index contributed by atoms with van der Waals surface area (Å²) in [6.45, 7) is 2.28. The Labute approximate surface area is 60.6 Å². The molecule has 2 aliphatic rings. The van der Waals surface area contributed by atoms with Crippen LogP contribution in [0.5, 0.6) is 0 Å². The molecule has 1 unspecified atom stereocenters. The zero-order valence-electron chi connectivity index (χ0n) is 5.81. The first kappa shape index (κ1) is 6.05. The third kappa shape index (κ3) is 0.887. The fourth-order valence-electron chi connectivity index (χ4n) is 1.60. The summed E-state index contributed by atoms with van der Waals surface area (Å²) in [5, 5.41) is 3.63. The number of thioether (sulfide) groups is 1. The van der Waals surface area contributed by atoms with E-state index in [9.17, 15) is 0 Å². The van der Waals surface area contributed by atoms with Gasteiger partial charge in [0.2, 0.25) is 0 Å². The summed E-state index contributed by atoms with van der Waals surface area (Å²) < 4.78 is 0. The van der Waals surface area contributed by atoms with E-state index in [-0.39, 0.29) is 0 Å². The van der Waals surface area contributed by atoms with Crippen molar-refractivity contribution in [1.29, 1.82) is 0 Å². The van der Waals surface area contributed by atoms with E-state index in [2.05, 4.69) is 24.0 Å². The zero-order valence-corrected chi connectivity index (χ0v) is 6.63. The van der Waals surface area contributed by atoms with E-state index in [1.54, 1.807) is 0 Å². The van der Waals surface area contributed by atoms with E-state index in [1.165, 1.54) is 25.0 Å². The Morgan fingerprint density at radius 2 is 2.33 bits per heavy atom. The Hall–Kier alpha value is 0.310. The van der Waals surface area contributed by atoms with Crippen molar-refractivity contribution < 1.29 is 0 Å². The molecule has 1 spiro atoms. The molecule has 0 aromatic carbocycles. The van der Waals surface area contributed by atoms with Crippen LogP contribution in [0.4, 0.5) is 0 Å². The van der Waals surface area contributed by atoms with Crippen LogP contribution in [-0.4, -0.2) is 16.7 Å². The van der Waals surface area contributed by atoms with Crippen LogP contribution >= 0.6 is 11.8 Å². The number of hydrogen-bond acceptors (Lipinski definition) is 2. The molecule has 1 N–H and O–H groups in total. The lowest BCUT2D eigenvalue weighted by Crippen LogP contribution is -2.46. The van der Waals surface area contributed by atoms with Gasteiger partial charge in [-0.3, -0.25) is 5.32 Å². The molecule has 9 heavy (non-hydrogen) atoms. The molecule has 0 aromatic rings. The van der Waals surface area contributed by atoms with Gasteiger partial charge in [-0.1, -0.05) is 0 Å². The van der Waals surface area contributed by atoms with E-state index in [4.69, 9.17) is 0 Å². The number of nitrogens with one attached hydrogen (secondary N) is 1. The third-order valence-corrected chi connectivity index (χ3v) is 4.03. The van der Waals surface area contributed by atoms with Gasteiger partial charge < -0.3 is 0 Å². The van der Waals surface area contributed by atoms with Crippen molar-refractivity contribution >= 4 is 11.8 Å². The van der Waals surface area contributed by atoms with Crippen LogP contribution in [0, 0.1) is 0 Å². The molecule has 52 valence electrons. The zero-order chi connectivity index (χ0) is 6.32. The molecule has 1 saturated heterocycles. The van der Waals surface area contributed by atoms with Crippen molar-refractivity contribution in [3.8, 4) is 0 Å². The van der Waals surface area contributed by atoms with Gasteiger partial charge in [0.15, 0.2) is 0 Å². The molecular formula is C7H13NS. The molecule has 1 heterocycles. The van der Waals surface area contributed by atoms with Crippen LogP contribution in [0.1, 0.15) is 26.2 Å². The molecule has 1 aliphatic carbocycles. The van der Waals surface area contributed by atoms with Crippen molar-refractivity contribution in [3.05, 3.63) is 0 Å². The Bertz CT molecular complexity index is 120. The summed E-state index contributed by atoms with van der Waals surface area (Å²) in [4.78, 5) is 0.555. The molecule has 1 aliphatic heterocycles. The number of hydrogen-bond donors (Lipinski definition) is 1. The van der Waals surface area contributed by atoms with E-state index < -0.39 is 0 Å². The third-order valence-electron chi connectivity index (χ3n) is 2.28. The molecule has 2 fully saturated rings. The second-order valence-corrected chi connectivity index (χ2v) is 4.61. The smallest absolute Gasteiger partial charge is 0.0648 e. The van der Waals surface area contributed by atoms with Gasteiger partial charge in [0.05, 0.1) is 4.87 Å². The summed E-state index contributed by atoms with van der Waals surface area (Å²) in [5.41, 5.74) is 0. The van der Waals surface area contributed by atoms with Crippen LogP contribution in [0.2, 0.25) is 0 Å². The maximum Gasteiger partial charge on any atom is 0.0648 e. The summed E-state index contributed by atoms with van der Waals surface area (Å²) in [6.07, 6.45) is 4.25. The van der Waals surface area contributed by atoms with Crippen molar-refractivity contribution in [2.75, 3.05) is 5.75 Å². The Kier molecular flexibility index (Phi) is 1.27. The highest BCUT2D eigenvalue weighted by Gasteiger charge is 2.42. The number of rotatable bonds is 0. The Balaban J connectivity index is 1.99. The van der Waals surface area contributed by atoms with E-state index in [0.717, 1.165) is 6.04 Å². The van der Waals surface area contributed by atoms with E-state index in [1.807, 2.05) is 0 Å². The van der Waals surface area contributed by atoms with Gasteiger partial charge in [-0.2, -0.15) is 0 Å². The Morgan fingerprint density at radius 1 is 1.56 bits per heavy atom. The molecule has 0 amide bonds. The fraction of sp³-hybridized carbons (Fsp3) is 1.00. The molecule has 0 bridgehead atoms. The summed E-state index contributed by atoms with van der Waals surface area (Å²) in [5.74, 6) is 1.32. The maximum absolute atomic E-state index is 3.63. The van der Waals surface area contributed by atoms with Gasteiger partial charge in [0.25, 0.3) is 0 Å². The van der Waals surface area contributed by atoms with Crippen LogP contribution < -0.4 is 5.32 Å². The molecule has 1 atom stereocenters. The normalized spacial score (nSPS) is 39.0. The van der Waals surface area contributed by atoms with Gasteiger partial charge in [-0.15, -0.1) is 11.8 Å². The lowest BCUT2D eigenvalue weighted by atomic mass is 9.92. The predicted molar refractivity (Wildman–Crippen MR) is 41.6 cm³/mol. The molecule has 2 rings (SSSR count). The topological polar surface area (TPSA) is 12.0 Å². The second-order valence-electron chi connectivity index (χ2n) is 3.20. The first-order chi connectivity index (χ1) is 4.31. The van der Waals surface area contributed by atoms with Gasteiger partial charge in [-0.25, -0.2) is 0 Å². The standard InChI is InChI=1S/C7H13NS/c1-6-5-9-7(8-6)3-2-4-7/h6,8H,2-5H2,1H3. The van der Waals surface area contributed by atoms with Crippen molar-refractivity contribution in [2.24, 2.45) is 0 Å². The highest BCUT2D eigenvalue weighted by Crippen LogP contribution is 2.45. The quantitative estimate of drug-likeness (QED) is 0.552. The highest BCUT2D eigenvalue weighted by atomic mass is 32.2. The van der Waals surface area contributed by atoms with Crippen molar-refractivity contribution in [1.82, 2.24) is 5.32 Å². The van der Waals surface area contributed by atoms with Gasteiger partial charge in [0.1, 0.15) is 0 Å². The largest absolute Gasteiger partial charge is 0.299 e. The Morgan fingerprint density at radius 3 is 2.56 bits per heavy atom. The van der Waals surface area contributed by atoms with Gasteiger partial charge in [0, 0.05) is 11.8 Å². The molecule has 1 saturated carbocycles. The maximum atomic E-state index is 3.63. The van der Waals surface area contributed by atoms with Crippen molar-refractivity contribution in [3.63, 3.8) is 0 Å². The molecule has 1 nitrogen and oxygen atoms in total. The second kappa shape index (κ2) is 1.89. The fourth-order valence-corrected chi connectivity index (χ4v) is 3.12. The first-order valence-electron chi connectivity index (χ1n) is 3.72. The first-order valence-corrected chi connectivity index (χ1v) is 4.71.